The van der Waals surface area contributed by atoms with Crippen molar-refractivity contribution in [2.75, 3.05) is 0 Å². The summed E-state index contributed by atoms with van der Waals surface area (Å²) in [5.41, 5.74) is 3.74. The maximum absolute atomic E-state index is 13.6. The largest absolute Gasteiger partial charge is 0.271 e. The monoisotopic (exact) mass is 328 g/mol. The van der Waals surface area contributed by atoms with E-state index in [0.29, 0.717) is 4.47 Å². The van der Waals surface area contributed by atoms with Gasteiger partial charge in [-0.1, -0.05) is 44.2 Å². The second-order valence-electron chi connectivity index (χ2n) is 5.44. The lowest BCUT2D eigenvalue weighted by atomic mass is 9.84. The number of benzene rings is 1. The van der Waals surface area contributed by atoms with Crippen molar-refractivity contribution in [1.29, 1.82) is 0 Å². The number of rotatable bonds is 5. The molecule has 1 atom stereocenters. The van der Waals surface area contributed by atoms with Crippen LogP contribution >= 0.6 is 15.9 Å². The SMILES string of the molecule is NNC(CCC1CCCCC1)c1cccc(F)c1Br. The van der Waals surface area contributed by atoms with Crippen molar-refractivity contribution >= 4 is 15.9 Å². The van der Waals surface area contributed by atoms with E-state index < -0.39 is 0 Å². The normalized spacial score (nSPS) is 18.5. The molecule has 0 heterocycles. The molecule has 0 amide bonds. The van der Waals surface area contributed by atoms with Crippen molar-refractivity contribution in [1.82, 2.24) is 5.43 Å². The van der Waals surface area contributed by atoms with E-state index in [1.807, 2.05) is 6.07 Å². The molecule has 4 heteroatoms. The van der Waals surface area contributed by atoms with Crippen molar-refractivity contribution in [3.05, 3.63) is 34.1 Å². The highest BCUT2D eigenvalue weighted by atomic mass is 79.9. The van der Waals surface area contributed by atoms with E-state index in [4.69, 9.17) is 5.84 Å². The Kier molecular flexibility index (Phi) is 5.79. The molecule has 1 aliphatic carbocycles. The Bertz CT molecular complexity index is 405. The van der Waals surface area contributed by atoms with Crippen molar-refractivity contribution in [2.45, 2.75) is 51.0 Å². The van der Waals surface area contributed by atoms with Crippen LogP contribution in [0.15, 0.2) is 22.7 Å². The fraction of sp³-hybridized carbons (Fsp3) is 0.600. The second-order valence-corrected chi connectivity index (χ2v) is 6.24. The summed E-state index contributed by atoms with van der Waals surface area (Å²) in [5, 5.41) is 0. The van der Waals surface area contributed by atoms with Gasteiger partial charge in [-0.05, 0) is 46.3 Å². The Balaban J connectivity index is 1.97. The first kappa shape index (κ1) is 14.9. The number of hydrogen-bond acceptors (Lipinski definition) is 2. The first-order chi connectivity index (χ1) is 9.22. The van der Waals surface area contributed by atoms with Gasteiger partial charge in [0, 0.05) is 6.04 Å². The zero-order chi connectivity index (χ0) is 13.7. The van der Waals surface area contributed by atoms with Crippen LogP contribution in [0.4, 0.5) is 4.39 Å². The fourth-order valence-corrected chi connectivity index (χ4v) is 3.54. The van der Waals surface area contributed by atoms with Crippen LogP contribution in [-0.2, 0) is 0 Å². The third-order valence-electron chi connectivity index (χ3n) is 4.15. The molecule has 1 saturated carbocycles. The smallest absolute Gasteiger partial charge is 0.137 e. The van der Waals surface area contributed by atoms with Gasteiger partial charge in [0.05, 0.1) is 4.47 Å². The number of nitrogens with two attached hydrogens (primary N) is 1. The van der Waals surface area contributed by atoms with Crippen LogP contribution < -0.4 is 11.3 Å². The predicted molar refractivity (Wildman–Crippen MR) is 80.0 cm³/mol. The molecule has 1 aromatic rings. The van der Waals surface area contributed by atoms with Crippen LogP contribution in [-0.4, -0.2) is 0 Å². The summed E-state index contributed by atoms with van der Waals surface area (Å²) in [6.45, 7) is 0. The molecule has 0 radical (unpaired) electrons. The fourth-order valence-electron chi connectivity index (χ4n) is 3.00. The maximum atomic E-state index is 13.6. The molecule has 1 unspecified atom stereocenters. The Morgan fingerprint density at radius 3 is 2.74 bits per heavy atom. The molecule has 1 aliphatic rings. The zero-order valence-corrected chi connectivity index (χ0v) is 12.8. The third-order valence-corrected chi connectivity index (χ3v) is 4.98. The lowest BCUT2D eigenvalue weighted by Gasteiger charge is -2.24. The summed E-state index contributed by atoms with van der Waals surface area (Å²) in [5.74, 6) is 6.24. The summed E-state index contributed by atoms with van der Waals surface area (Å²) in [4.78, 5) is 0. The average Bonchev–Trinajstić information content (AvgIpc) is 2.45. The zero-order valence-electron chi connectivity index (χ0n) is 11.2. The molecular weight excluding hydrogens is 307 g/mol. The predicted octanol–water partition coefficient (Wildman–Crippen LogP) is 4.45. The minimum atomic E-state index is -0.226. The minimum Gasteiger partial charge on any atom is -0.271 e. The van der Waals surface area contributed by atoms with Crippen molar-refractivity contribution in [3.63, 3.8) is 0 Å². The quantitative estimate of drug-likeness (QED) is 0.618. The molecule has 0 aliphatic heterocycles. The lowest BCUT2D eigenvalue weighted by Crippen LogP contribution is -2.29. The molecule has 2 rings (SSSR count). The molecule has 0 spiro atoms. The first-order valence-electron chi connectivity index (χ1n) is 7.12. The van der Waals surface area contributed by atoms with E-state index in [0.717, 1.165) is 24.3 Å². The molecule has 1 aromatic carbocycles. The summed E-state index contributed by atoms with van der Waals surface area (Å²) < 4.78 is 14.1. The van der Waals surface area contributed by atoms with E-state index in [-0.39, 0.29) is 11.9 Å². The summed E-state index contributed by atoms with van der Waals surface area (Å²) in [7, 11) is 0. The van der Waals surface area contributed by atoms with Gasteiger partial charge in [0.2, 0.25) is 0 Å². The standard InChI is InChI=1S/C15H22BrFN2/c16-15-12(7-4-8-13(15)17)14(19-18)10-9-11-5-2-1-3-6-11/h4,7-8,11,14,19H,1-3,5-6,9-10,18H2. The van der Waals surface area contributed by atoms with E-state index >= 15 is 0 Å². The van der Waals surface area contributed by atoms with E-state index in [9.17, 15) is 4.39 Å². The lowest BCUT2D eigenvalue weighted by molar-refractivity contribution is 0.314. The number of hydrogen-bond donors (Lipinski definition) is 2. The van der Waals surface area contributed by atoms with Crippen LogP contribution in [0.1, 0.15) is 56.6 Å². The Morgan fingerprint density at radius 2 is 2.05 bits per heavy atom. The highest BCUT2D eigenvalue weighted by Crippen LogP contribution is 2.32. The second kappa shape index (κ2) is 7.36. The van der Waals surface area contributed by atoms with E-state index in [1.54, 1.807) is 6.07 Å². The third kappa shape index (κ3) is 4.01. The molecule has 2 nitrogen and oxygen atoms in total. The topological polar surface area (TPSA) is 38.0 Å². The van der Waals surface area contributed by atoms with Crippen LogP contribution in [0.2, 0.25) is 0 Å². The minimum absolute atomic E-state index is 0.0204. The van der Waals surface area contributed by atoms with Gasteiger partial charge in [0.1, 0.15) is 5.82 Å². The van der Waals surface area contributed by atoms with Crippen LogP contribution in [0.5, 0.6) is 0 Å². The van der Waals surface area contributed by atoms with E-state index in [2.05, 4.69) is 21.4 Å². The van der Waals surface area contributed by atoms with Gasteiger partial charge in [-0.25, -0.2) is 4.39 Å². The number of halogens is 2. The summed E-state index contributed by atoms with van der Waals surface area (Å²) in [6.07, 6.45) is 8.89. The van der Waals surface area contributed by atoms with Gasteiger partial charge in [-0.2, -0.15) is 0 Å². The van der Waals surface area contributed by atoms with Crippen LogP contribution in [0.25, 0.3) is 0 Å². The van der Waals surface area contributed by atoms with Crippen molar-refractivity contribution < 1.29 is 4.39 Å². The van der Waals surface area contributed by atoms with Gasteiger partial charge < -0.3 is 0 Å². The summed E-state index contributed by atoms with van der Waals surface area (Å²) >= 11 is 3.32. The van der Waals surface area contributed by atoms with Crippen molar-refractivity contribution in [3.8, 4) is 0 Å². The highest BCUT2D eigenvalue weighted by Gasteiger charge is 2.19. The van der Waals surface area contributed by atoms with Gasteiger partial charge in [0.15, 0.2) is 0 Å². The number of nitrogens with one attached hydrogen (secondary N) is 1. The van der Waals surface area contributed by atoms with E-state index in [1.165, 1.54) is 38.2 Å². The van der Waals surface area contributed by atoms with Gasteiger partial charge in [-0.3, -0.25) is 11.3 Å². The Morgan fingerprint density at radius 1 is 1.32 bits per heavy atom. The first-order valence-corrected chi connectivity index (χ1v) is 7.91. The Labute approximate surface area is 123 Å². The number of hydrazine groups is 1. The summed E-state index contributed by atoms with van der Waals surface area (Å²) in [6, 6.07) is 5.15. The van der Waals surface area contributed by atoms with Gasteiger partial charge in [0.25, 0.3) is 0 Å². The van der Waals surface area contributed by atoms with Gasteiger partial charge in [-0.15, -0.1) is 0 Å². The Hall–Kier alpha value is -0.450. The van der Waals surface area contributed by atoms with Crippen molar-refractivity contribution in [2.24, 2.45) is 11.8 Å². The molecule has 0 bridgehead atoms. The van der Waals surface area contributed by atoms with Gasteiger partial charge >= 0.3 is 0 Å². The molecular formula is C15H22BrFN2. The van der Waals surface area contributed by atoms with Crippen LogP contribution in [0.3, 0.4) is 0 Å². The highest BCUT2D eigenvalue weighted by molar-refractivity contribution is 9.10. The average molecular weight is 329 g/mol. The molecule has 0 aromatic heterocycles. The molecule has 1 fully saturated rings. The van der Waals surface area contributed by atoms with Crippen LogP contribution in [0, 0.1) is 11.7 Å². The molecule has 3 N–H and O–H groups in total. The molecule has 0 saturated heterocycles. The molecule has 19 heavy (non-hydrogen) atoms. The maximum Gasteiger partial charge on any atom is 0.137 e. The molecule has 106 valence electrons.